The molecule has 0 spiro atoms. The summed E-state index contributed by atoms with van der Waals surface area (Å²) in [5.74, 6) is 0.0202. The molecule has 10 atom stereocenters. The average molecular weight is 655 g/mol. The van der Waals surface area contributed by atoms with E-state index in [1.807, 2.05) is 0 Å². The Balaban J connectivity index is 1.20. The zero-order valence-electron chi connectivity index (χ0n) is 22.1. The summed E-state index contributed by atoms with van der Waals surface area (Å²) in [4.78, 5) is 30.9. The number of phosphoric ester groups is 1. The van der Waals surface area contributed by atoms with Crippen LogP contribution in [0.3, 0.4) is 0 Å². The maximum absolute atomic E-state index is 15.9. The van der Waals surface area contributed by atoms with Crippen molar-refractivity contribution in [3.63, 3.8) is 0 Å². The second-order valence-electron chi connectivity index (χ2n) is 10.1. The third kappa shape index (κ3) is 5.07. The van der Waals surface area contributed by atoms with E-state index in [0.29, 0.717) is 0 Å². The summed E-state index contributed by atoms with van der Waals surface area (Å²) < 4.78 is 92.8. The zero-order chi connectivity index (χ0) is 31.0. The molecular weight excluding hydrogens is 633 g/mol. The van der Waals surface area contributed by atoms with E-state index in [4.69, 9.17) is 46.6 Å². The third-order valence-electron chi connectivity index (χ3n) is 7.30. The van der Waals surface area contributed by atoms with Crippen LogP contribution in [-0.4, -0.2) is 96.5 Å². The minimum Gasteiger partial charge on any atom is -0.397 e. The number of ether oxygens (including phenoxy) is 2. The summed E-state index contributed by atoms with van der Waals surface area (Å²) in [6.45, 7) is -1.64. The van der Waals surface area contributed by atoms with Crippen LogP contribution in [0.15, 0.2) is 31.2 Å². The van der Waals surface area contributed by atoms with Crippen molar-refractivity contribution in [1.82, 2.24) is 34.1 Å². The van der Waals surface area contributed by atoms with Crippen LogP contribution in [0.1, 0.15) is 12.5 Å². The van der Waals surface area contributed by atoms with Gasteiger partial charge in [0, 0.05) is 6.20 Å². The van der Waals surface area contributed by atoms with Gasteiger partial charge in [-0.1, -0.05) is 0 Å². The maximum atomic E-state index is 15.9. The first-order chi connectivity index (χ1) is 20.9. The molecule has 2 radical (unpaired) electrons. The molecular formula is C21H22BF2N9O9P2. The number of fused-ring (bicyclic) bond motifs is 5. The van der Waals surface area contributed by atoms with E-state index in [0.717, 1.165) is 6.33 Å². The largest absolute Gasteiger partial charge is 0.472 e. The number of imidazole rings is 2. The molecule has 232 valence electrons. The predicted octanol–water partition coefficient (Wildman–Crippen LogP) is 1.10. The van der Waals surface area contributed by atoms with Crippen molar-refractivity contribution in [2.45, 2.75) is 49.2 Å². The normalized spacial score (nSPS) is 38.2. The summed E-state index contributed by atoms with van der Waals surface area (Å²) in [5, 5.41) is 0. The van der Waals surface area contributed by atoms with E-state index in [2.05, 4.69) is 24.9 Å². The first-order valence-electron chi connectivity index (χ1n) is 12.9. The molecule has 4 aromatic heterocycles. The van der Waals surface area contributed by atoms with E-state index < -0.39 is 77.7 Å². The van der Waals surface area contributed by atoms with Crippen LogP contribution in [0.5, 0.6) is 0 Å². The van der Waals surface area contributed by atoms with Crippen LogP contribution in [-0.2, 0) is 36.7 Å². The topological polar surface area (TPSA) is 236 Å². The standard InChI is InChI=1S/C21H22BF2N9O9P2/c22-43(34)37-3-9-11(23)16(21(39-9)33-6-30-13-8(25)1-2-27-18(13)33)42-44(35,36)38-4-10-15(41-43)12(24)20(40-10)32-7-31-14-17(26)28-5-29-19(14)32/h1-2,5-7,9-12,15-16,20-21H,3-4H2,(H2,25,27)(H,35,36)(H2,26,28,29)/t9-,10-,11+,12-,15-,16-,20-,21-,43?/m1/s1. The van der Waals surface area contributed by atoms with Crippen molar-refractivity contribution in [1.29, 1.82) is 0 Å². The number of aromatic nitrogens is 7. The van der Waals surface area contributed by atoms with Crippen molar-refractivity contribution in [2.24, 2.45) is 0 Å². The molecule has 3 fully saturated rings. The van der Waals surface area contributed by atoms with Crippen LogP contribution in [0.4, 0.5) is 20.3 Å². The first-order valence-corrected chi connectivity index (χ1v) is 16.0. The summed E-state index contributed by atoms with van der Waals surface area (Å²) in [6.07, 6.45) is -8.96. The number of hydrogen-bond acceptors (Lipinski definition) is 15. The van der Waals surface area contributed by atoms with Gasteiger partial charge < -0.3 is 34.9 Å². The Morgan fingerprint density at radius 3 is 2.34 bits per heavy atom. The van der Waals surface area contributed by atoms with Gasteiger partial charge in [-0.05, 0) is 6.07 Å². The molecule has 0 saturated carbocycles. The van der Waals surface area contributed by atoms with Crippen LogP contribution >= 0.6 is 15.3 Å². The van der Waals surface area contributed by atoms with Crippen LogP contribution in [0.25, 0.3) is 22.3 Å². The van der Waals surface area contributed by atoms with E-state index in [1.165, 1.54) is 34.1 Å². The Morgan fingerprint density at radius 1 is 0.864 bits per heavy atom. The molecule has 3 aliphatic rings. The molecule has 2 unspecified atom stereocenters. The highest BCUT2D eigenvalue weighted by atomic mass is 31.2. The number of hydrogen-bond donors (Lipinski definition) is 3. The molecule has 0 aromatic carbocycles. The van der Waals surface area contributed by atoms with Gasteiger partial charge in [0.15, 0.2) is 41.9 Å². The van der Waals surface area contributed by atoms with E-state index in [-0.39, 0.29) is 33.8 Å². The number of phosphoric acid groups is 1. The smallest absolute Gasteiger partial charge is 0.397 e. The second kappa shape index (κ2) is 10.7. The van der Waals surface area contributed by atoms with Crippen molar-refractivity contribution < 1.29 is 50.4 Å². The van der Waals surface area contributed by atoms with Gasteiger partial charge in [0.25, 0.3) is 7.47 Å². The van der Waals surface area contributed by atoms with Crippen molar-refractivity contribution in [3.05, 3.63) is 31.2 Å². The second-order valence-corrected chi connectivity index (χ2v) is 13.0. The number of anilines is 2. The molecule has 3 aliphatic heterocycles. The number of nitrogens with zero attached hydrogens (tertiary/aromatic N) is 7. The molecule has 7 rings (SSSR count). The number of nitrogen functional groups attached to an aromatic ring is 2. The van der Waals surface area contributed by atoms with Gasteiger partial charge in [0.1, 0.15) is 41.8 Å². The highest BCUT2D eigenvalue weighted by Gasteiger charge is 2.54. The highest BCUT2D eigenvalue weighted by Crippen LogP contribution is 2.54. The van der Waals surface area contributed by atoms with E-state index in [9.17, 15) is 14.0 Å². The van der Waals surface area contributed by atoms with Crippen LogP contribution in [0, 0.1) is 0 Å². The molecule has 18 nitrogen and oxygen atoms in total. The first kappa shape index (κ1) is 29.6. The van der Waals surface area contributed by atoms with Crippen molar-refractivity contribution >= 4 is 56.7 Å². The summed E-state index contributed by atoms with van der Waals surface area (Å²) >= 11 is 0. The van der Waals surface area contributed by atoms with Crippen molar-refractivity contribution in [3.8, 4) is 0 Å². The quantitative estimate of drug-likeness (QED) is 0.202. The van der Waals surface area contributed by atoms with Gasteiger partial charge in [-0.25, -0.2) is 38.3 Å². The number of nitrogens with two attached hydrogens (primary N) is 2. The minimum atomic E-state index is -5.13. The lowest BCUT2D eigenvalue weighted by Crippen LogP contribution is -2.34. The van der Waals surface area contributed by atoms with Gasteiger partial charge in [-0.2, -0.15) is 0 Å². The molecule has 0 aliphatic carbocycles. The lowest BCUT2D eigenvalue weighted by molar-refractivity contribution is -0.0630. The Kier molecular flexibility index (Phi) is 7.23. The molecule has 23 heteroatoms. The maximum Gasteiger partial charge on any atom is 0.472 e. The Morgan fingerprint density at radius 2 is 1.55 bits per heavy atom. The summed E-state index contributed by atoms with van der Waals surface area (Å²) in [7, 11) is -4.00. The third-order valence-corrected chi connectivity index (χ3v) is 9.33. The number of alkyl halides is 2. The van der Waals surface area contributed by atoms with Gasteiger partial charge >= 0.3 is 7.82 Å². The summed E-state index contributed by atoms with van der Waals surface area (Å²) in [6, 6.07) is 1.49. The fourth-order valence-electron chi connectivity index (χ4n) is 5.27. The lowest BCUT2D eigenvalue weighted by atomic mass is 10.1. The fraction of sp³-hybridized carbons (Fsp3) is 0.476. The monoisotopic (exact) mass is 655 g/mol. The van der Waals surface area contributed by atoms with E-state index >= 15 is 8.78 Å². The Hall–Kier alpha value is -3.13. The SMILES string of the molecule is [B]P1(=O)OC[C@H]2O[C@@H](n3cnc4c(N)ccnc43)[C@H](OP(=O)(O)OC[C@H]3O[C@@H](n4cnc5c(N)ncnc54)[C@H](F)[C@@H]3O1)[C@H]2F. The lowest BCUT2D eigenvalue weighted by Gasteiger charge is -2.26. The zero-order valence-corrected chi connectivity index (χ0v) is 23.9. The Labute approximate surface area is 246 Å². The van der Waals surface area contributed by atoms with Crippen LogP contribution < -0.4 is 11.5 Å². The molecule has 7 heterocycles. The predicted molar refractivity (Wildman–Crippen MR) is 144 cm³/mol. The number of rotatable bonds is 2. The molecule has 0 amide bonds. The summed E-state index contributed by atoms with van der Waals surface area (Å²) in [5.41, 5.74) is 12.7. The minimum absolute atomic E-state index is 0.0202. The van der Waals surface area contributed by atoms with Crippen molar-refractivity contribution in [2.75, 3.05) is 24.7 Å². The molecule has 4 aromatic rings. The highest BCUT2D eigenvalue weighted by molar-refractivity contribution is 7.79. The van der Waals surface area contributed by atoms with E-state index in [1.54, 1.807) is 0 Å². The molecule has 44 heavy (non-hydrogen) atoms. The fourth-order valence-corrected chi connectivity index (χ4v) is 7.20. The van der Waals surface area contributed by atoms with Gasteiger partial charge in [-0.3, -0.25) is 22.7 Å². The molecule has 2 bridgehead atoms. The molecule has 3 saturated heterocycles. The average Bonchev–Trinajstić information content (AvgIpc) is 3.73. The van der Waals surface area contributed by atoms with Gasteiger partial charge in [0.05, 0.1) is 31.6 Å². The number of halogens is 2. The van der Waals surface area contributed by atoms with Crippen LogP contribution in [0.2, 0.25) is 0 Å². The van der Waals surface area contributed by atoms with Gasteiger partial charge in [-0.15, -0.1) is 0 Å². The van der Waals surface area contributed by atoms with Gasteiger partial charge in [0.2, 0.25) is 7.57 Å². The molecule has 5 N–H and O–H groups in total. The number of pyridine rings is 1. The Bertz CT molecular complexity index is 1840.